The number of benzene rings is 1. The first-order valence-corrected chi connectivity index (χ1v) is 4.66. The molecule has 0 aromatic heterocycles. The Hall–Kier alpha value is -1.28. The van der Waals surface area contributed by atoms with Crippen molar-refractivity contribution in [3.05, 3.63) is 46.5 Å². The Morgan fingerprint density at radius 1 is 1.57 bits per heavy atom. The maximum Gasteiger partial charge on any atom is 0.335 e. The Morgan fingerprint density at radius 2 is 2.29 bits per heavy atom. The van der Waals surface area contributed by atoms with Crippen LogP contribution in [0.2, 0.25) is 5.02 Å². The second-order valence-corrected chi connectivity index (χ2v) is 3.32. The van der Waals surface area contributed by atoms with Crippen LogP contribution in [0.4, 0.5) is 0 Å². The van der Waals surface area contributed by atoms with E-state index in [9.17, 15) is 4.79 Å². The van der Waals surface area contributed by atoms with Crippen molar-refractivity contribution in [3.63, 3.8) is 0 Å². The molecule has 1 N–H and O–H groups in total. The SMILES string of the molecule is C/C=C/Cc1cc(Cl)ccc1C(=O)O. The molecular weight excluding hydrogens is 200 g/mol. The lowest BCUT2D eigenvalue weighted by atomic mass is 10.0. The molecule has 0 saturated carbocycles. The lowest BCUT2D eigenvalue weighted by Gasteiger charge is -2.03. The number of aromatic carboxylic acids is 1. The summed E-state index contributed by atoms with van der Waals surface area (Å²) in [5.74, 6) is -0.916. The summed E-state index contributed by atoms with van der Waals surface area (Å²) in [4.78, 5) is 10.8. The fraction of sp³-hybridized carbons (Fsp3) is 0.182. The van der Waals surface area contributed by atoms with Gasteiger partial charge in [-0.2, -0.15) is 0 Å². The second kappa shape index (κ2) is 4.82. The summed E-state index contributed by atoms with van der Waals surface area (Å²) in [7, 11) is 0. The van der Waals surface area contributed by atoms with Crippen LogP contribution in [0.3, 0.4) is 0 Å². The predicted molar refractivity (Wildman–Crippen MR) is 56.9 cm³/mol. The van der Waals surface area contributed by atoms with Gasteiger partial charge in [0.25, 0.3) is 0 Å². The number of hydrogen-bond donors (Lipinski definition) is 1. The van der Waals surface area contributed by atoms with Crippen LogP contribution >= 0.6 is 11.6 Å². The van der Waals surface area contributed by atoms with Gasteiger partial charge in [0.05, 0.1) is 5.56 Å². The van der Waals surface area contributed by atoms with Crippen molar-refractivity contribution in [1.82, 2.24) is 0 Å². The highest BCUT2D eigenvalue weighted by molar-refractivity contribution is 6.30. The van der Waals surface area contributed by atoms with Crippen molar-refractivity contribution in [3.8, 4) is 0 Å². The maximum atomic E-state index is 10.8. The molecule has 1 rings (SSSR count). The normalized spacial score (nSPS) is 10.7. The van der Waals surface area contributed by atoms with Gasteiger partial charge in [-0.05, 0) is 37.1 Å². The maximum absolute atomic E-state index is 10.8. The zero-order chi connectivity index (χ0) is 10.6. The van der Waals surface area contributed by atoms with Gasteiger partial charge in [-0.3, -0.25) is 0 Å². The first-order valence-electron chi connectivity index (χ1n) is 4.28. The van der Waals surface area contributed by atoms with E-state index < -0.39 is 5.97 Å². The summed E-state index contributed by atoms with van der Waals surface area (Å²) in [5.41, 5.74) is 1.05. The van der Waals surface area contributed by atoms with Crippen LogP contribution in [0.15, 0.2) is 30.4 Å². The predicted octanol–water partition coefficient (Wildman–Crippen LogP) is 3.16. The standard InChI is InChI=1S/C11H11ClO2/c1-2-3-4-8-7-9(12)5-6-10(8)11(13)14/h2-3,5-7H,4H2,1H3,(H,13,14)/b3-2+. The molecule has 0 fully saturated rings. The summed E-state index contributed by atoms with van der Waals surface area (Å²) >= 11 is 5.78. The Labute approximate surface area is 87.8 Å². The molecule has 1 aromatic carbocycles. The number of halogens is 1. The molecular formula is C11H11ClO2. The molecule has 0 atom stereocenters. The van der Waals surface area contributed by atoms with E-state index in [2.05, 4.69) is 0 Å². The number of carbonyl (C=O) groups is 1. The fourth-order valence-electron chi connectivity index (χ4n) is 1.18. The average molecular weight is 211 g/mol. The third-order valence-electron chi connectivity index (χ3n) is 1.87. The van der Waals surface area contributed by atoms with Crippen molar-refractivity contribution >= 4 is 17.6 Å². The molecule has 0 spiro atoms. The number of carboxylic acid groups (broad SMARTS) is 1. The molecule has 74 valence electrons. The quantitative estimate of drug-likeness (QED) is 0.779. The molecule has 0 aliphatic heterocycles. The molecule has 3 heteroatoms. The van der Waals surface area contributed by atoms with Crippen molar-refractivity contribution in [2.45, 2.75) is 13.3 Å². The van der Waals surface area contributed by atoms with Crippen LogP contribution in [0.1, 0.15) is 22.8 Å². The zero-order valence-corrected chi connectivity index (χ0v) is 8.58. The molecule has 0 amide bonds. The Kier molecular flexibility index (Phi) is 3.72. The minimum absolute atomic E-state index is 0.313. The van der Waals surface area contributed by atoms with E-state index in [4.69, 9.17) is 16.7 Å². The molecule has 2 nitrogen and oxygen atoms in total. The van der Waals surface area contributed by atoms with Gasteiger partial charge in [-0.15, -0.1) is 0 Å². The van der Waals surface area contributed by atoms with E-state index in [1.807, 2.05) is 19.1 Å². The van der Waals surface area contributed by atoms with Gasteiger partial charge in [0, 0.05) is 5.02 Å². The van der Waals surface area contributed by atoms with Gasteiger partial charge in [-0.25, -0.2) is 4.79 Å². The highest BCUT2D eigenvalue weighted by Gasteiger charge is 2.08. The Balaban J connectivity index is 3.09. The average Bonchev–Trinajstić information content (AvgIpc) is 2.14. The van der Waals surface area contributed by atoms with Gasteiger partial charge in [0.1, 0.15) is 0 Å². The van der Waals surface area contributed by atoms with E-state index in [-0.39, 0.29) is 0 Å². The van der Waals surface area contributed by atoms with E-state index in [1.54, 1.807) is 12.1 Å². The van der Waals surface area contributed by atoms with Crippen LogP contribution in [0.25, 0.3) is 0 Å². The zero-order valence-electron chi connectivity index (χ0n) is 7.83. The number of carboxylic acids is 1. The van der Waals surface area contributed by atoms with Crippen LogP contribution < -0.4 is 0 Å². The molecule has 0 heterocycles. The van der Waals surface area contributed by atoms with Crippen molar-refractivity contribution in [1.29, 1.82) is 0 Å². The van der Waals surface area contributed by atoms with E-state index in [0.29, 0.717) is 17.0 Å². The Morgan fingerprint density at radius 3 is 2.86 bits per heavy atom. The van der Waals surface area contributed by atoms with Gasteiger partial charge in [0.15, 0.2) is 0 Å². The molecule has 0 aliphatic carbocycles. The number of allylic oxidation sites excluding steroid dienone is 2. The van der Waals surface area contributed by atoms with Crippen LogP contribution in [-0.2, 0) is 6.42 Å². The van der Waals surface area contributed by atoms with Crippen molar-refractivity contribution in [2.75, 3.05) is 0 Å². The van der Waals surface area contributed by atoms with Crippen molar-refractivity contribution < 1.29 is 9.90 Å². The van der Waals surface area contributed by atoms with Gasteiger partial charge in [0.2, 0.25) is 0 Å². The van der Waals surface area contributed by atoms with E-state index >= 15 is 0 Å². The fourth-order valence-corrected chi connectivity index (χ4v) is 1.38. The van der Waals surface area contributed by atoms with E-state index in [1.165, 1.54) is 6.07 Å². The van der Waals surface area contributed by atoms with Crippen molar-refractivity contribution in [2.24, 2.45) is 0 Å². The molecule has 0 radical (unpaired) electrons. The summed E-state index contributed by atoms with van der Waals surface area (Å²) in [6.07, 6.45) is 4.38. The molecule has 0 saturated heterocycles. The van der Waals surface area contributed by atoms with Crippen LogP contribution in [-0.4, -0.2) is 11.1 Å². The molecule has 0 unspecified atom stereocenters. The largest absolute Gasteiger partial charge is 0.478 e. The Bertz CT molecular complexity index is 370. The molecule has 1 aromatic rings. The third kappa shape index (κ3) is 2.60. The minimum atomic E-state index is -0.916. The van der Waals surface area contributed by atoms with Gasteiger partial charge < -0.3 is 5.11 Å². The van der Waals surface area contributed by atoms with E-state index in [0.717, 1.165) is 5.56 Å². The monoisotopic (exact) mass is 210 g/mol. The molecule has 0 aliphatic rings. The molecule has 14 heavy (non-hydrogen) atoms. The first-order chi connectivity index (χ1) is 6.65. The molecule has 0 bridgehead atoms. The second-order valence-electron chi connectivity index (χ2n) is 2.88. The van der Waals surface area contributed by atoms with Gasteiger partial charge in [-0.1, -0.05) is 23.8 Å². The number of rotatable bonds is 3. The summed E-state index contributed by atoms with van der Waals surface area (Å²) in [6, 6.07) is 4.80. The third-order valence-corrected chi connectivity index (χ3v) is 2.11. The lowest BCUT2D eigenvalue weighted by molar-refractivity contribution is 0.0696. The highest BCUT2D eigenvalue weighted by atomic mass is 35.5. The van der Waals surface area contributed by atoms with Gasteiger partial charge >= 0.3 is 5.97 Å². The van der Waals surface area contributed by atoms with Crippen LogP contribution in [0, 0.1) is 0 Å². The topological polar surface area (TPSA) is 37.3 Å². The summed E-state index contributed by atoms with van der Waals surface area (Å²) in [5, 5.41) is 9.45. The first kappa shape index (κ1) is 10.8. The smallest absolute Gasteiger partial charge is 0.335 e. The summed E-state index contributed by atoms with van der Waals surface area (Å²) in [6.45, 7) is 1.89. The minimum Gasteiger partial charge on any atom is -0.478 e. The highest BCUT2D eigenvalue weighted by Crippen LogP contribution is 2.17. The number of hydrogen-bond acceptors (Lipinski definition) is 1. The van der Waals surface area contributed by atoms with Crippen LogP contribution in [0.5, 0.6) is 0 Å². The summed E-state index contributed by atoms with van der Waals surface area (Å²) < 4.78 is 0. The lowest BCUT2D eigenvalue weighted by Crippen LogP contribution is -2.01.